The minimum Gasteiger partial charge on any atom is -0.497 e. The van der Waals surface area contributed by atoms with Crippen molar-refractivity contribution in [1.82, 2.24) is 0 Å². The van der Waals surface area contributed by atoms with Gasteiger partial charge < -0.3 is 19.2 Å². The van der Waals surface area contributed by atoms with Gasteiger partial charge in [-0.25, -0.2) is 0 Å². The second-order valence-corrected chi connectivity index (χ2v) is 8.36. The number of halogens is 2. The van der Waals surface area contributed by atoms with E-state index in [4.69, 9.17) is 37.1 Å². The smallest absolute Gasteiger partial charge is 0.248 e. The summed E-state index contributed by atoms with van der Waals surface area (Å²) < 4.78 is 16.9. The number of carbonyl (C=O) groups excluding carboxylic acids is 1. The summed E-state index contributed by atoms with van der Waals surface area (Å²) in [7, 11) is 1.63. The highest BCUT2D eigenvalue weighted by atomic mass is 35.5. The summed E-state index contributed by atoms with van der Waals surface area (Å²) in [6.45, 7) is 4.24. The van der Waals surface area contributed by atoms with Gasteiger partial charge >= 0.3 is 0 Å². The standard InChI is InChI=1S/C27H23Cl2NO4/c1-4-33-24-14-25-20(21(15-34-25)17-8-10-18(32-3)11-9-17)13-19(24)16(2)12-26(31)30-23-7-5-6-22(28)27(23)29/h5-15H,4H2,1-3H3,(H,30,31)/b16-12+. The molecule has 0 fully saturated rings. The fourth-order valence-electron chi connectivity index (χ4n) is 3.68. The number of hydrogen-bond donors (Lipinski definition) is 1. The lowest BCUT2D eigenvalue weighted by Gasteiger charge is -2.12. The number of allylic oxidation sites excluding steroid dienone is 1. The number of carbonyl (C=O) groups is 1. The number of benzene rings is 3. The molecule has 1 heterocycles. The molecule has 4 rings (SSSR count). The first-order valence-corrected chi connectivity index (χ1v) is 11.4. The molecular weight excluding hydrogens is 473 g/mol. The summed E-state index contributed by atoms with van der Waals surface area (Å²) in [5.74, 6) is 1.08. The summed E-state index contributed by atoms with van der Waals surface area (Å²) in [6.07, 6.45) is 3.23. The van der Waals surface area contributed by atoms with Gasteiger partial charge in [-0.1, -0.05) is 41.4 Å². The van der Waals surface area contributed by atoms with Crippen LogP contribution in [-0.2, 0) is 4.79 Å². The Bertz CT molecular complexity index is 1370. The average Bonchev–Trinajstić information content (AvgIpc) is 3.24. The highest BCUT2D eigenvalue weighted by Crippen LogP contribution is 2.38. The largest absolute Gasteiger partial charge is 0.497 e. The van der Waals surface area contributed by atoms with Crippen LogP contribution in [0.25, 0.3) is 27.7 Å². The Morgan fingerprint density at radius 2 is 1.88 bits per heavy atom. The number of methoxy groups -OCH3 is 1. The zero-order chi connectivity index (χ0) is 24.2. The summed E-state index contributed by atoms with van der Waals surface area (Å²) in [5, 5.41) is 4.36. The first-order chi connectivity index (χ1) is 16.4. The van der Waals surface area contributed by atoms with Gasteiger partial charge in [0.25, 0.3) is 0 Å². The maximum Gasteiger partial charge on any atom is 0.248 e. The van der Waals surface area contributed by atoms with E-state index >= 15 is 0 Å². The Hall–Kier alpha value is -3.41. The molecule has 1 N–H and O–H groups in total. The zero-order valence-corrected chi connectivity index (χ0v) is 20.5. The number of hydrogen-bond acceptors (Lipinski definition) is 4. The van der Waals surface area contributed by atoms with Gasteiger partial charge in [0.1, 0.15) is 17.1 Å². The Kier molecular flexibility index (Phi) is 7.15. The van der Waals surface area contributed by atoms with Crippen molar-refractivity contribution in [3.05, 3.63) is 82.5 Å². The zero-order valence-electron chi connectivity index (χ0n) is 18.9. The minimum absolute atomic E-state index is 0.294. The number of ether oxygens (including phenoxy) is 2. The lowest BCUT2D eigenvalue weighted by Crippen LogP contribution is -2.09. The van der Waals surface area contributed by atoms with Gasteiger partial charge in [0, 0.05) is 28.7 Å². The van der Waals surface area contributed by atoms with Crippen LogP contribution in [0.2, 0.25) is 10.0 Å². The van der Waals surface area contributed by atoms with Gasteiger partial charge in [-0.3, -0.25) is 4.79 Å². The Morgan fingerprint density at radius 3 is 2.59 bits per heavy atom. The van der Waals surface area contributed by atoms with Gasteiger partial charge in [0.2, 0.25) is 5.91 Å². The lowest BCUT2D eigenvalue weighted by molar-refractivity contribution is -0.111. The Morgan fingerprint density at radius 1 is 1.12 bits per heavy atom. The first-order valence-electron chi connectivity index (χ1n) is 10.7. The molecular formula is C27H23Cl2NO4. The molecule has 34 heavy (non-hydrogen) atoms. The molecule has 0 atom stereocenters. The number of furan rings is 1. The molecule has 174 valence electrons. The maximum absolute atomic E-state index is 12.7. The molecule has 0 saturated carbocycles. The summed E-state index contributed by atoms with van der Waals surface area (Å²) in [4.78, 5) is 12.7. The molecule has 0 saturated heterocycles. The molecule has 0 radical (unpaired) electrons. The predicted octanol–water partition coefficient (Wildman–Crippen LogP) is 7.86. The average molecular weight is 496 g/mol. The topological polar surface area (TPSA) is 60.7 Å². The van der Waals surface area contributed by atoms with Gasteiger partial charge in [0.15, 0.2) is 0 Å². The van der Waals surface area contributed by atoms with Gasteiger partial charge in [0.05, 0.1) is 35.7 Å². The molecule has 3 aromatic carbocycles. The van der Waals surface area contributed by atoms with E-state index in [-0.39, 0.29) is 5.91 Å². The number of nitrogens with one attached hydrogen (secondary N) is 1. The highest BCUT2D eigenvalue weighted by molar-refractivity contribution is 6.44. The van der Waals surface area contributed by atoms with E-state index in [1.165, 1.54) is 6.08 Å². The van der Waals surface area contributed by atoms with Crippen LogP contribution in [0.5, 0.6) is 11.5 Å². The molecule has 0 bridgehead atoms. The number of anilines is 1. The van der Waals surface area contributed by atoms with Crippen molar-refractivity contribution in [2.45, 2.75) is 13.8 Å². The van der Waals surface area contributed by atoms with E-state index in [1.807, 2.05) is 50.2 Å². The Labute approximate surface area is 207 Å². The highest BCUT2D eigenvalue weighted by Gasteiger charge is 2.16. The van der Waals surface area contributed by atoms with Crippen LogP contribution in [-0.4, -0.2) is 19.6 Å². The lowest BCUT2D eigenvalue weighted by atomic mass is 9.99. The van der Waals surface area contributed by atoms with Crippen LogP contribution in [0, 0.1) is 0 Å². The molecule has 0 spiro atoms. The van der Waals surface area contributed by atoms with Gasteiger partial charge in [-0.15, -0.1) is 0 Å². The van der Waals surface area contributed by atoms with E-state index in [0.717, 1.165) is 33.4 Å². The monoisotopic (exact) mass is 495 g/mol. The van der Waals surface area contributed by atoms with Crippen LogP contribution in [0.3, 0.4) is 0 Å². The van der Waals surface area contributed by atoms with Crippen LogP contribution in [0.1, 0.15) is 19.4 Å². The third-order valence-corrected chi connectivity index (χ3v) is 6.18. The van der Waals surface area contributed by atoms with E-state index in [1.54, 1.807) is 31.6 Å². The molecule has 0 unspecified atom stereocenters. The van der Waals surface area contributed by atoms with E-state index < -0.39 is 0 Å². The fraction of sp³-hybridized carbons (Fsp3) is 0.148. The van der Waals surface area contributed by atoms with Crippen LogP contribution >= 0.6 is 23.2 Å². The second kappa shape index (κ2) is 10.2. The Balaban J connectivity index is 1.72. The summed E-state index contributed by atoms with van der Waals surface area (Å²) >= 11 is 12.2. The molecule has 5 nitrogen and oxygen atoms in total. The summed E-state index contributed by atoms with van der Waals surface area (Å²) in [6, 6.07) is 16.7. The van der Waals surface area contributed by atoms with Crippen molar-refractivity contribution in [3.63, 3.8) is 0 Å². The number of amides is 1. The van der Waals surface area contributed by atoms with Crippen molar-refractivity contribution in [3.8, 4) is 22.6 Å². The molecule has 1 aromatic heterocycles. The maximum atomic E-state index is 12.7. The number of rotatable bonds is 7. The molecule has 4 aromatic rings. The van der Waals surface area contributed by atoms with E-state index in [2.05, 4.69) is 5.32 Å². The van der Waals surface area contributed by atoms with Crippen molar-refractivity contribution in [2.24, 2.45) is 0 Å². The second-order valence-electron chi connectivity index (χ2n) is 7.57. The third-order valence-electron chi connectivity index (χ3n) is 5.36. The van der Waals surface area contributed by atoms with Crippen LogP contribution in [0.4, 0.5) is 5.69 Å². The SMILES string of the molecule is CCOc1cc2occ(-c3ccc(OC)cc3)c2cc1/C(C)=C/C(=O)Nc1cccc(Cl)c1Cl. The van der Waals surface area contributed by atoms with Gasteiger partial charge in [-0.05, 0) is 55.3 Å². The number of fused-ring (bicyclic) bond motifs is 1. The van der Waals surface area contributed by atoms with Crippen molar-refractivity contribution >= 4 is 51.3 Å². The molecule has 0 aliphatic heterocycles. The summed E-state index contributed by atoms with van der Waals surface area (Å²) in [5.41, 5.74) is 4.58. The molecule has 7 heteroatoms. The predicted molar refractivity (Wildman–Crippen MR) is 138 cm³/mol. The minimum atomic E-state index is -0.327. The third kappa shape index (κ3) is 4.91. The van der Waals surface area contributed by atoms with E-state index in [9.17, 15) is 4.79 Å². The normalized spacial score (nSPS) is 11.5. The van der Waals surface area contributed by atoms with Crippen molar-refractivity contribution in [1.29, 1.82) is 0 Å². The van der Waals surface area contributed by atoms with Crippen LogP contribution < -0.4 is 14.8 Å². The molecule has 0 aliphatic rings. The first kappa shape index (κ1) is 23.7. The van der Waals surface area contributed by atoms with E-state index in [0.29, 0.717) is 33.7 Å². The fourth-order valence-corrected chi connectivity index (χ4v) is 4.02. The van der Waals surface area contributed by atoms with Crippen LogP contribution in [0.15, 0.2) is 71.4 Å². The molecule has 1 amide bonds. The quantitative estimate of drug-likeness (QED) is 0.265. The molecule has 0 aliphatic carbocycles. The van der Waals surface area contributed by atoms with Crippen molar-refractivity contribution < 1.29 is 18.7 Å². The van der Waals surface area contributed by atoms with Crippen molar-refractivity contribution in [2.75, 3.05) is 19.0 Å². The van der Waals surface area contributed by atoms with Gasteiger partial charge in [-0.2, -0.15) is 0 Å².